The molecule has 0 bridgehead atoms. The number of rotatable bonds is 2. The predicted molar refractivity (Wildman–Crippen MR) is 98.7 cm³/mol. The molecule has 128 valence electrons. The predicted octanol–water partition coefficient (Wildman–Crippen LogP) is 5.88. The average molecular weight is 356 g/mol. The van der Waals surface area contributed by atoms with Gasteiger partial charge in [-0.3, -0.25) is 5.32 Å². The largest absolute Gasteiger partial charge is 0.461 e. The molecule has 5 heteroatoms. The zero-order valence-corrected chi connectivity index (χ0v) is 14.7. The number of nitrogens with one attached hydrogen (secondary N) is 1. The van der Waals surface area contributed by atoms with Crippen LogP contribution in [0.25, 0.3) is 11.0 Å². The van der Waals surface area contributed by atoms with Crippen molar-refractivity contribution >= 4 is 34.4 Å². The summed E-state index contributed by atoms with van der Waals surface area (Å²) in [7, 11) is 0. The number of amides is 1. The Morgan fingerprint density at radius 2 is 2.00 bits per heavy atom. The normalized spacial score (nSPS) is 13.5. The Morgan fingerprint density at radius 1 is 1.16 bits per heavy atom. The first-order valence-corrected chi connectivity index (χ1v) is 8.77. The van der Waals surface area contributed by atoms with Gasteiger partial charge in [0.1, 0.15) is 17.1 Å². The molecular weight excluding hydrogens is 338 g/mol. The van der Waals surface area contributed by atoms with E-state index in [9.17, 15) is 4.79 Å². The molecule has 25 heavy (non-hydrogen) atoms. The van der Waals surface area contributed by atoms with E-state index in [-0.39, 0.29) is 0 Å². The summed E-state index contributed by atoms with van der Waals surface area (Å²) < 4.78 is 11.3. The van der Waals surface area contributed by atoms with Gasteiger partial charge in [-0.05, 0) is 62.1 Å². The van der Waals surface area contributed by atoms with Crippen molar-refractivity contribution in [2.45, 2.75) is 32.6 Å². The first kappa shape index (κ1) is 16.0. The van der Waals surface area contributed by atoms with Crippen LogP contribution in [-0.2, 0) is 12.8 Å². The number of hydrogen-bond donors (Lipinski definition) is 1. The van der Waals surface area contributed by atoms with Crippen LogP contribution in [0.1, 0.15) is 29.7 Å². The van der Waals surface area contributed by atoms with E-state index in [0.29, 0.717) is 16.5 Å². The maximum absolute atomic E-state index is 12.1. The molecule has 1 aliphatic rings. The Morgan fingerprint density at radius 3 is 2.84 bits per heavy atom. The lowest BCUT2D eigenvalue weighted by atomic mass is 9.96. The molecule has 4 nitrogen and oxygen atoms in total. The van der Waals surface area contributed by atoms with Gasteiger partial charge >= 0.3 is 6.09 Å². The third-order valence-corrected chi connectivity index (χ3v) is 4.96. The van der Waals surface area contributed by atoms with Crippen LogP contribution < -0.4 is 10.1 Å². The Kier molecular flexibility index (Phi) is 4.14. The lowest BCUT2D eigenvalue weighted by molar-refractivity contribution is 0.215. The lowest BCUT2D eigenvalue weighted by Crippen LogP contribution is -2.16. The summed E-state index contributed by atoms with van der Waals surface area (Å²) in [5, 5.41) is 4.33. The minimum Gasteiger partial charge on any atom is -0.461 e. The first-order valence-electron chi connectivity index (χ1n) is 8.39. The summed E-state index contributed by atoms with van der Waals surface area (Å²) in [5.41, 5.74) is 3.65. The van der Waals surface area contributed by atoms with E-state index in [1.54, 1.807) is 18.2 Å². The molecule has 0 unspecified atom stereocenters. The third-order valence-electron chi connectivity index (χ3n) is 4.56. The van der Waals surface area contributed by atoms with Crippen LogP contribution in [-0.4, -0.2) is 6.09 Å². The van der Waals surface area contributed by atoms with E-state index >= 15 is 0 Å². The van der Waals surface area contributed by atoms with Crippen molar-refractivity contribution in [2.24, 2.45) is 0 Å². The van der Waals surface area contributed by atoms with Crippen molar-refractivity contribution in [2.75, 3.05) is 5.32 Å². The van der Waals surface area contributed by atoms with E-state index in [2.05, 4.69) is 5.32 Å². The second-order valence-corrected chi connectivity index (χ2v) is 6.75. The third kappa shape index (κ3) is 3.22. The molecule has 1 N–H and O–H groups in total. The van der Waals surface area contributed by atoms with Crippen molar-refractivity contribution in [1.82, 2.24) is 0 Å². The van der Waals surface area contributed by atoms with Crippen LogP contribution in [0.3, 0.4) is 0 Å². The summed E-state index contributed by atoms with van der Waals surface area (Å²) in [6.07, 6.45) is 3.78. The summed E-state index contributed by atoms with van der Waals surface area (Å²) >= 11 is 6.08. The average Bonchev–Trinajstić information content (AvgIpc) is 2.96. The number of anilines is 1. The highest BCUT2D eigenvalue weighted by atomic mass is 35.5. The smallest absolute Gasteiger partial charge is 0.417 e. The van der Waals surface area contributed by atoms with Gasteiger partial charge in [0, 0.05) is 28.1 Å². The molecule has 3 aromatic rings. The highest BCUT2D eigenvalue weighted by Crippen LogP contribution is 2.34. The van der Waals surface area contributed by atoms with Crippen molar-refractivity contribution in [1.29, 1.82) is 0 Å². The molecule has 1 aliphatic carbocycles. The van der Waals surface area contributed by atoms with Crippen LogP contribution in [0, 0.1) is 6.92 Å². The number of carbonyl (C=O) groups excluding carboxylic acids is 1. The summed E-state index contributed by atoms with van der Waals surface area (Å²) in [6.45, 7) is 1.91. The Hall–Kier alpha value is -2.46. The van der Waals surface area contributed by atoms with Gasteiger partial charge in [-0.2, -0.15) is 0 Å². The molecule has 2 aromatic carbocycles. The van der Waals surface area contributed by atoms with Gasteiger partial charge in [0.25, 0.3) is 0 Å². The zero-order valence-electron chi connectivity index (χ0n) is 13.9. The second-order valence-electron chi connectivity index (χ2n) is 6.35. The Labute approximate surface area is 150 Å². The lowest BCUT2D eigenvalue weighted by Gasteiger charge is -2.09. The van der Waals surface area contributed by atoms with E-state index in [4.69, 9.17) is 20.8 Å². The van der Waals surface area contributed by atoms with E-state index in [1.165, 1.54) is 12.0 Å². The fourth-order valence-corrected chi connectivity index (χ4v) is 3.41. The minimum atomic E-state index is -0.545. The quantitative estimate of drug-likeness (QED) is 0.624. The van der Waals surface area contributed by atoms with E-state index in [0.717, 1.165) is 41.6 Å². The van der Waals surface area contributed by atoms with Crippen LogP contribution in [0.5, 0.6) is 5.75 Å². The summed E-state index contributed by atoms with van der Waals surface area (Å²) in [5.74, 6) is 1.56. The number of ether oxygens (including phenoxy) is 1. The highest BCUT2D eigenvalue weighted by molar-refractivity contribution is 6.31. The number of fused-ring (bicyclic) bond motifs is 3. The molecule has 1 amide bonds. The van der Waals surface area contributed by atoms with Crippen LogP contribution in [0.2, 0.25) is 5.02 Å². The molecule has 0 saturated carbocycles. The number of benzene rings is 2. The molecule has 0 spiro atoms. The number of aryl methyl sites for hydroxylation is 3. The van der Waals surface area contributed by atoms with Crippen molar-refractivity contribution in [3.05, 3.63) is 58.3 Å². The minimum absolute atomic E-state index is 0.498. The number of hydrogen-bond acceptors (Lipinski definition) is 3. The molecule has 0 radical (unpaired) electrons. The molecule has 0 saturated heterocycles. The molecule has 1 aromatic heterocycles. The monoisotopic (exact) mass is 355 g/mol. The summed E-state index contributed by atoms with van der Waals surface area (Å²) in [4.78, 5) is 12.1. The SMILES string of the molecule is Cc1ccc(NC(=O)Oc2ccc3oc4c(c3c2)CCCC4)cc1Cl. The van der Waals surface area contributed by atoms with Crippen molar-refractivity contribution in [3.63, 3.8) is 0 Å². The molecule has 0 atom stereocenters. The van der Waals surface area contributed by atoms with Gasteiger partial charge < -0.3 is 9.15 Å². The first-order chi connectivity index (χ1) is 12.1. The zero-order chi connectivity index (χ0) is 17.4. The maximum Gasteiger partial charge on any atom is 0.417 e. The molecule has 1 heterocycles. The number of halogens is 1. The Balaban J connectivity index is 1.53. The van der Waals surface area contributed by atoms with Crippen LogP contribution in [0.4, 0.5) is 10.5 Å². The number of carbonyl (C=O) groups is 1. The van der Waals surface area contributed by atoms with Gasteiger partial charge in [0.15, 0.2) is 0 Å². The fraction of sp³-hybridized carbons (Fsp3) is 0.250. The van der Waals surface area contributed by atoms with E-state index < -0.39 is 6.09 Å². The van der Waals surface area contributed by atoms with Gasteiger partial charge in [-0.25, -0.2) is 4.79 Å². The molecule has 4 rings (SSSR count). The van der Waals surface area contributed by atoms with Gasteiger partial charge in [0.05, 0.1) is 0 Å². The highest BCUT2D eigenvalue weighted by Gasteiger charge is 2.18. The van der Waals surface area contributed by atoms with Gasteiger partial charge in [-0.1, -0.05) is 17.7 Å². The fourth-order valence-electron chi connectivity index (χ4n) is 3.23. The second kappa shape index (κ2) is 6.45. The van der Waals surface area contributed by atoms with Crippen molar-refractivity contribution < 1.29 is 13.9 Å². The van der Waals surface area contributed by atoms with Crippen LogP contribution in [0.15, 0.2) is 40.8 Å². The van der Waals surface area contributed by atoms with Gasteiger partial charge in [0.2, 0.25) is 0 Å². The van der Waals surface area contributed by atoms with Crippen molar-refractivity contribution in [3.8, 4) is 5.75 Å². The summed E-state index contributed by atoms with van der Waals surface area (Å²) in [6, 6.07) is 10.8. The molecule has 0 fully saturated rings. The standard InChI is InChI=1S/C20H18ClNO3/c1-12-6-7-13(10-17(12)21)22-20(23)24-14-8-9-19-16(11-14)15-4-2-3-5-18(15)25-19/h6-11H,2-5H2,1H3,(H,22,23). The van der Waals surface area contributed by atoms with E-state index in [1.807, 2.05) is 25.1 Å². The van der Waals surface area contributed by atoms with Gasteiger partial charge in [-0.15, -0.1) is 0 Å². The number of furan rings is 1. The Bertz CT molecular complexity index is 961. The maximum atomic E-state index is 12.1. The topological polar surface area (TPSA) is 51.5 Å². The molecule has 0 aliphatic heterocycles. The van der Waals surface area contributed by atoms with Crippen LogP contribution >= 0.6 is 11.6 Å². The molecular formula is C20H18ClNO3.